The molecule has 552 valence electrons. The number of hydrogen-bond acceptors (Lipinski definition) is 24. The van der Waals surface area contributed by atoms with Gasteiger partial charge in [-0.2, -0.15) is 28.8 Å². The third-order valence-electron chi connectivity index (χ3n) is 21.4. The number of nitrogens with zero attached hydrogens (tertiary/aromatic N) is 12. The van der Waals surface area contributed by atoms with Crippen LogP contribution in [0.25, 0.3) is 16.9 Å². The Labute approximate surface area is 614 Å². The summed E-state index contributed by atoms with van der Waals surface area (Å²) in [6.07, 6.45) is 15.2. The maximum absolute atomic E-state index is 13.3. The fraction of sp³-hybridized carbons (Fsp3) is 0.486. The predicted molar refractivity (Wildman–Crippen MR) is 390 cm³/mol. The molecule has 9 aromatic rings. The first kappa shape index (κ1) is 70.1. The molecule has 3 aliphatic carbocycles. The van der Waals surface area contributed by atoms with Crippen molar-refractivity contribution in [1.82, 2.24) is 68.1 Å². The minimum atomic E-state index is -0.228. The Hall–Kier alpha value is -9.25. The number of amides is 2. The predicted octanol–water partition coefficient (Wildman–Crippen LogP) is 7.26. The molecule has 9 fully saturated rings. The quantitative estimate of drug-likeness (QED) is 0.0369. The molecule has 2 amide bonds. The molecule has 9 aliphatic rings. The Morgan fingerprint density at radius 3 is 1.09 bits per heavy atom. The molecule has 35 heteroatoms. The number of ketones is 1. The fourth-order valence-electron chi connectivity index (χ4n) is 15.5. The molecular formula is C70H79Cl3N20O12. The van der Waals surface area contributed by atoms with Crippen molar-refractivity contribution in [2.45, 2.75) is 75.2 Å². The van der Waals surface area contributed by atoms with Gasteiger partial charge in [-0.15, -0.1) is 0 Å². The minimum absolute atomic E-state index is 0.0218. The molecule has 8 N–H and O–H groups in total. The third-order valence-corrected chi connectivity index (χ3v) is 22.1. The lowest BCUT2D eigenvalue weighted by atomic mass is 10.1. The van der Waals surface area contributed by atoms with E-state index >= 15 is 0 Å². The summed E-state index contributed by atoms with van der Waals surface area (Å²) >= 11 is 19.1. The number of pyridine rings is 3. The molecule has 9 aromatic heterocycles. The van der Waals surface area contributed by atoms with Crippen LogP contribution < -0.4 is 59.2 Å². The maximum atomic E-state index is 13.3. The zero-order valence-electron chi connectivity index (χ0n) is 57.7. The maximum Gasteiger partial charge on any atom is 0.274 e. The number of ether oxygens (including phenoxy) is 6. The Kier molecular flexibility index (Phi) is 19.8. The van der Waals surface area contributed by atoms with E-state index in [0.717, 1.165) is 51.7 Å². The van der Waals surface area contributed by atoms with E-state index in [1.165, 1.54) is 12.4 Å². The summed E-state index contributed by atoms with van der Waals surface area (Å²) in [6.45, 7) is 7.75. The van der Waals surface area contributed by atoms with Gasteiger partial charge in [0.25, 0.3) is 28.5 Å². The highest BCUT2D eigenvalue weighted by molar-refractivity contribution is 6.31. The van der Waals surface area contributed by atoms with Gasteiger partial charge in [0.1, 0.15) is 63.1 Å². The smallest absolute Gasteiger partial charge is 0.274 e. The van der Waals surface area contributed by atoms with Crippen molar-refractivity contribution in [2.75, 3.05) is 132 Å². The highest BCUT2D eigenvalue weighted by Gasteiger charge is 2.56. The van der Waals surface area contributed by atoms with Crippen LogP contribution in [0.1, 0.15) is 94.1 Å². The van der Waals surface area contributed by atoms with Gasteiger partial charge in [0.05, 0.1) is 117 Å². The molecular weight excluding hydrogens is 1420 g/mol. The fourth-order valence-corrected chi connectivity index (χ4v) is 16.2. The molecule has 0 radical (unpaired) electrons. The van der Waals surface area contributed by atoms with Gasteiger partial charge < -0.3 is 84.7 Å². The lowest BCUT2D eigenvalue weighted by Gasteiger charge is -2.25. The van der Waals surface area contributed by atoms with Gasteiger partial charge in [-0.1, -0.05) is 34.8 Å². The first-order valence-electron chi connectivity index (χ1n) is 35.5. The van der Waals surface area contributed by atoms with Crippen LogP contribution in [0.2, 0.25) is 15.1 Å². The van der Waals surface area contributed by atoms with E-state index < -0.39 is 0 Å². The van der Waals surface area contributed by atoms with Crippen LogP contribution in [0.3, 0.4) is 0 Å². The summed E-state index contributed by atoms with van der Waals surface area (Å²) in [5, 5.41) is 39.1. The summed E-state index contributed by atoms with van der Waals surface area (Å²) < 4.78 is 42.5. The Morgan fingerprint density at radius 1 is 0.438 bits per heavy atom. The van der Waals surface area contributed by atoms with Crippen LogP contribution in [0.4, 0.5) is 52.0 Å². The van der Waals surface area contributed by atoms with Gasteiger partial charge in [-0.3, -0.25) is 28.8 Å². The standard InChI is InChI=1S/C24H27ClN6O4.2C23H26ClN7O4/c1-26-22-7-21(28-19-5-13(25)9-30(24(19)33)14-3-2-4-34-10-14)29-23-16(8-27-31(22)23)20(32)6-15-17-11-35-12-18(15)17;2*1-25-19-6-18(27-17-5-12(24)8-30(23(17)33)13-3-2-4-34-9-13)28-21-14(7-26-31(19)21)22(32)29-20-15-10-35-11-16(15)20/h5,7-9,14-15,17-18,26H,2-4,6,10-12H2,1H3,(H,28,29);2*5-8,13,15-16,20,25H,2-4,9-11H2,1H3,(H,27,28)(H,29,32)/t14-,15?,17-,18+;13?,15-,16+,20?;13-,15-,16+,20?/m1.0/s1. The van der Waals surface area contributed by atoms with Gasteiger partial charge in [-0.25, -0.2) is 15.0 Å². The topological polar surface area (TPSA) is 359 Å². The lowest BCUT2D eigenvalue weighted by Crippen LogP contribution is -2.31. The Bertz CT molecular complexity index is 4510. The van der Waals surface area contributed by atoms with Crippen molar-refractivity contribution in [3.8, 4) is 0 Å². The number of nitrogens with one attached hydrogen (secondary N) is 8. The zero-order chi connectivity index (χ0) is 72.3. The van der Waals surface area contributed by atoms with Crippen LogP contribution in [0.15, 0.2) is 88.0 Å². The summed E-state index contributed by atoms with van der Waals surface area (Å²) in [5.74, 6) is 5.53. The molecule has 0 aromatic carbocycles. The van der Waals surface area contributed by atoms with Crippen molar-refractivity contribution in [1.29, 1.82) is 0 Å². The Morgan fingerprint density at radius 2 is 0.762 bits per heavy atom. The van der Waals surface area contributed by atoms with Gasteiger partial charge in [0.15, 0.2) is 22.7 Å². The van der Waals surface area contributed by atoms with E-state index in [4.69, 9.17) is 63.2 Å². The molecule has 32 nitrogen and oxygen atoms in total. The van der Waals surface area contributed by atoms with E-state index in [2.05, 4.69) is 72.8 Å². The second-order valence-corrected chi connectivity index (χ2v) is 29.2. The van der Waals surface area contributed by atoms with E-state index in [9.17, 15) is 28.8 Å². The number of fused-ring (bicyclic) bond motifs is 6. The molecule has 0 spiro atoms. The number of carbonyl (C=O) groups is 3. The summed E-state index contributed by atoms with van der Waals surface area (Å²) in [7, 11) is 5.27. The summed E-state index contributed by atoms with van der Waals surface area (Å²) in [5.41, 5.74) is 2.63. The highest BCUT2D eigenvalue weighted by Crippen LogP contribution is 2.53. The number of hydrogen-bond donors (Lipinski definition) is 8. The first-order valence-corrected chi connectivity index (χ1v) is 36.6. The largest absolute Gasteiger partial charge is 0.381 e. The molecule has 4 unspecified atom stereocenters. The number of halogens is 3. The van der Waals surface area contributed by atoms with Crippen molar-refractivity contribution >= 4 is 121 Å². The van der Waals surface area contributed by atoms with Gasteiger partial charge in [0, 0.05) is 120 Å². The van der Waals surface area contributed by atoms with E-state index in [-0.39, 0.29) is 64.5 Å². The van der Waals surface area contributed by atoms with Gasteiger partial charge in [-0.05, 0) is 74.5 Å². The van der Waals surface area contributed by atoms with Crippen LogP contribution >= 0.6 is 34.8 Å². The first-order chi connectivity index (χ1) is 51.1. The SMILES string of the molecule is CNc1cc(Nc2cc(Cl)cn(C3CCCOC3)c2=O)nc2c(C(=O)NC3[C@H]4COC[C@@H]34)cnn12.CNc1cc(Nc2cc(Cl)cn([C@@H]3CCCOC3)c2=O)nc2c(C(=O)CC3[C@H]4COC[C@@H]34)cnn12.CNc1cc(Nc2cc(Cl)cn([C@H]3CCCOC3)c2=O)nc2c(C(=O)NC3[C@H]4COC[C@@H]34)cnn12. The normalized spacial score (nSPS) is 25.4. The average Bonchev–Trinajstić information content (AvgIpc) is 1.61. The number of Topliss-reactive ketones (excluding diaryl/α,β-unsaturated/α-hetero) is 1. The van der Waals surface area contributed by atoms with Crippen LogP contribution in [0, 0.1) is 41.4 Å². The molecule has 12 atom stereocenters. The van der Waals surface area contributed by atoms with Crippen molar-refractivity contribution in [2.24, 2.45) is 41.4 Å². The van der Waals surface area contributed by atoms with Crippen molar-refractivity contribution in [3.05, 3.63) is 136 Å². The van der Waals surface area contributed by atoms with Crippen molar-refractivity contribution in [3.63, 3.8) is 0 Å². The zero-order valence-corrected chi connectivity index (χ0v) is 60.0. The Balaban J connectivity index is 0.000000121. The minimum Gasteiger partial charge on any atom is -0.381 e. The number of anilines is 9. The summed E-state index contributed by atoms with van der Waals surface area (Å²) in [4.78, 5) is 92.8. The van der Waals surface area contributed by atoms with E-state index in [1.54, 1.807) is 110 Å². The monoisotopic (exact) mass is 1500 g/mol. The lowest BCUT2D eigenvalue weighted by molar-refractivity contribution is 0.0580. The summed E-state index contributed by atoms with van der Waals surface area (Å²) in [6, 6.07) is 9.97. The molecule has 0 bridgehead atoms. The molecule has 105 heavy (non-hydrogen) atoms. The van der Waals surface area contributed by atoms with E-state index in [1.807, 2.05) is 0 Å². The van der Waals surface area contributed by atoms with Crippen LogP contribution in [0.5, 0.6) is 0 Å². The highest BCUT2D eigenvalue weighted by atomic mass is 35.5. The second-order valence-electron chi connectivity index (χ2n) is 27.9. The molecule has 6 aliphatic heterocycles. The van der Waals surface area contributed by atoms with E-state index in [0.29, 0.717) is 215 Å². The molecule has 15 heterocycles. The van der Waals surface area contributed by atoms with Gasteiger partial charge in [0.2, 0.25) is 0 Å². The van der Waals surface area contributed by atoms with Gasteiger partial charge >= 0.3 is 0 Å². The number of aromatic nitrogens is 12. The molecule has 6 saturated heterocycles. The molecule has 18 rings (SSSR count). The van der Waals surface area contributed by atoms with Crippen molar-refractivity contribution < 1.29 is 42.8 Å². The third kappa shape index (κ3) is 14.2. The number of rotatable bonds is 19. The number of carbonyl (C=O) groups excluding carboxylic acids is 3. The second kappa shape index (κ2) is 29.6. The average molecular weight is 1500 g/mol. The van der Waals surface area contributed by atoms with Crippen LogP contribution in [-0.4, -0.2) is 188 Å². The van der Waals surface area contributed by atoms with Crippen LogP contribution in [-0.2, 0) is 28.4 Å². The molecule has 3 saturated carbocycles.